The predicted octanol–water partition coefficient (Wildman–Crippen LogP) is 14.3. The van der Waals surface area contributed by atoms with Crippen molar-refractivity contribution in [3.05, 3.63) is 188 Å². The van der Waals surface area contributed by atoms with Crippen LogP contribution in [-0.4, -0.2) is 91.9 Å². The van der Waals surface area contributed by atoms with Crippen molar-refractivity contribution >= 4 is 40.8 Å². The summed E-state index contributed by atoms with van der Waals surface area (Å²) in [6.45, 7) is 32.9. The molecule has 5 aromatic rings. The molecule has 2 aliphatic heterocycles. The highest BCUT2D eigenvalue weighted by atomic mass is 32.2. The molecule has 0 aromatic heterocycles. The minimum absolute atomic E-state index is 0.0824. The van der Waals surface area contributed by atoms with Gasteiger partial charge in [0.25, 0.3) is 0 Å². The second-order valence-corrected chi connectivity index (χ2v) is 30.8. The zero-order valence-electron chi connectivity index (χ0n) is 47.9. The molecule has 0 N–H and O–H groups in total. The third kappa shape index (κ3) is 15.3. The van der Waals surface area contributed by atoms with Crippen molar-refractivity contribution in [3.63, 3.8) is 0 Å². The van der Waals surface area contributed by atoms with E-state index in [4.69, 9.17) is 55.6 Å². The Morgan fingerprint density at radius 2 is 0.914 bits per heavy atom. The van der Waals surface area contributed by atoms with E-state index in [1.54, 1.807) is 48.6 Å². The Morgan fingerprint density at radius 1 is 0.531 bits per heavy atom. The average molecular weight is 1160 g/mol. The van der Waals surface area contributed by atoms with Gasteiger partial charge in [-0.25, -0.2) is 9.59 Å². The minimum Gasteiger partial charge on any atom is -0.485 e. The first-order valence-corrected chi connectivity index (χ1v) is 32.3. The van der Waals surface area contributed by atoms with Gasteiger partial charge in [0.1, 0.15) is 70.0 Å². The monoisotopic (exact) mass is 1160 g/mol. The number of hydrogen-bond acceptors (Lipinski definition) is 15. The van der Waals surface area contributed by atoms with Gasteiger partial charge in [0, 0.05) is 4.90 Å². The molecule has 432 valence electrons. The van der Waals surface area contributed by atoms with Crippen LogP contribution < -0.4 is 28.4 Å². The minimum atomic E-state index is -3.40. The van der Waals surface area contributed by atoms with Crippen molar-refractivity contribution in [1.29, 1.82) is 0 Å². The van der Waals surface area contributed by atoms with Gasteiger partial charge in [-0.15, -0.1) is 0 Å². The van der Waals surface area contributed by atoms with E-state index in [0.29, 0.717) is 5.75 Å². The maximum Gasteiger partial charge on any atom is 0.338 e. The largest absolute Gasteiger partial charge is 0.485 e. The lowest BCUT2D eigenvalue weighted by atomic mass is 10.00. The highest BCUT2D eigenvalue weighted by Crippen LogP contribution is 2.52. The lowest BCUT2D eigenvalue weighted by molar-refractivity contribution is -0.195. The summed E-state index contributed by atoms with van der Waals surface area (Å²) < 4.78 is 80.7. The van der Waals surface area contributed by atoms with Gasteiger partial charge >= 0.3 is 29.1 Å². The molecule has 7 rings (SSSR count). The molecule has 0 spiro atoms. The molecule has 14 nitrogen and oxygen atoms in total. The van der Waals surface area contributed by atoms with E-state index < -0.39 is 58.9 Å². The van der Waals surface area contributed by atoms with Gasteiger partial charge < -0.3 is 55.6 Å². The predicted molar refractivity (Wildman–Crippen MR) is 320 cm³/mol. The van der Waals surface area contributed by atoms with Crippen molar-refractivity contribution in [2.75, 3.05) is 33.0 Å². The molecule has 5 aromatic carbocycles. The van der Waals surface area contributed by atoms with Gasteiger partial charge in [-0.1, -0.05) is 197 Å². The Balaban J connectivity index is 1.33. The van der Waals surface area contributed by atoms with Gasteiger partial charge in [0.05, 0.1) is 11.1 Å². The van der Waals surface area contributed by atoms with Crippen molar-refractivity contribution in [1.82, 2.24) is 0 Å². The van der Waals surface area contributed by atoms with Crippen LogP contribution in [0.1, 0.15) is 87.2 Å². The van der Waals surface area contributed by atoms with Gasteiger partial charge in [0.15, 0.2) is 29.1 Å². The maximum atomic E-state index is 15.3. The van der Waals surface area contributed by atoms with Crippen molar-refractivity contribution in [3.8, 4) is 34.5 Å². The Kier molecular flexibility index (Phi) is 22.5. The van der Waals surface area contributed by atoms with Crippen LogP contribution in [0, 0.1) is 0 Å². The quantitative estimate of drug-likeness (QED) is 0.0254. The van der Waals surface area contributed by atoms with Crippen LogP contribution in [0.15, 0.2) is 171 Å². The van der Waals surface area contributed by atoms with E-state index in [9.17, 15) is 4.79 Å². The van der Waals surface area contributed by atoms with E-state index >= 15 is 4.79 Å². The molecule has 0 aliphatic carbocycles. The third-order valence-electron chi connectivity index (χ3n) is 13.8. The number of carbonyl (C=O) groups excluding carboxylic acids is 2. The van der Waals surface area contributed by atoms with Crippen LogP contribution in [-0.2, 0) is 40.4 Å². The number of carbonyl (C=O) groups is 2. The number of ether oxygens (including phenoxy) is 9. The summed E-state index contributed by atoms with van der Waals surface area (Å²) in [5.74, 6) is 0.123. The summed E-state index contributed by atoms with van der Waals surface area (Å²) in [6, 6.07) is 35.3. The summed E-state index contributed by atoms with van der Waals surface area (Å²) in [5, 5.41) is 0. The molecule has 81 heavy (non-hydrogen) atoms. The standard InChI is InChI=1S/C64H78O14SSi2/c1-13-32-67-52-36-49(37-53(68-33-14-2)57(52)71-40-47-26-20-17-21-27-47)62(65)73-42-56-59-60(77-81(45(9)10,46(11)12)78-80(76-59,43(5)6)44(7)8)61(64(74-56)79-51-30-24-19-25-31-51)75-63(66)50-38-54(69-34-15-3)58(55(39-50)70-35-16-4)72-41-48-28-22-18-23-29-48/h13-31,36-39,43-46,56,59-61,64H,1-4,32-35,40-42H2,5-12H3/t56-,59-,60+,61-,64+/m1/s1. The Bertz CT molecular complexity index is 2800. The fourth-order valence-electron chi connectivity index (χ4n) is 9.80. The molecule has 17 heteroatoms. The SMILES string of the molecule is C=CCOc1cc(C(=O)OC[C@H]2O[C@@H](Sc3ccccc3)[C@H](OC(=O)c3cc(OCC=C)c(OCc4ccccc4)c(OCC=C)c3)[C@H]3O[Si](C(C)C)(C(C)C)O[Si](C(C)C)(C(C)C)O[C@@H]32)cc(OCC=C)c1OCc1ccccc1. The molecule has 0 radical (unpaired) electrons. The van der Waals surface area contributed by atoms with Gasteiger partial charge in [-0.05, 0) is 69.7 Å². The fourth-order valence-corrected chi connectivity index (χ4v) is 22.2. The average Bonchev–Trinajstić information content (AvgIpc) is 3.72. The molecule has 2 heterocycles. The van der Waals surface area contributed by atoms with Gasteiger partial charge in [0.2, 0.25) is 11.5 Å². The zero-order chi connectivity index (χ0) is 58.1. The van der Waals surface area contributed by atoms with Gasteiger partial charge in [-0.3, -0.25) is 0 Å². The number of thioether (sulfide) groups is 1. The van der Waals surface area contributed by atoms with E-state index in [0.717, 1.165) is 16.0 Å². The number of esters is 2. The van der Waals surface area contributed by atoms with Crippen LogP contribution in [0.5, 0.6) is 34.5 Å². The Morgan fingerprint density at radius 3 is 1.31 bits per heavy atom. The smallest absolute Gasteiger partial charge is 0.338 e. The van der Waals surface area contributed by atoms with Crippen LogP contribution in [0.3, 0.4) is 0 Å². The van der Waals surface area contributed by atoms with Crippen LogP contribution in [0.2, 0.25) is 22.2 Å². The molecule has 2 aliphatic rings. The first-order valence-electron chi connectivity index (χ1n) is 27.5. The number of fused-ring (bicyclic) bond motifs is 1. The molecule has 5 atom stereocenters. The van der Waals surface area contributed by atoms with E-state index in [1.807, 2.05) is 91.0 Å². The number of rotatable bonds is 29. The second kappa shape index (κ2) is 29.4. The normalized spacial score (nSPS) is 19.1. The van der Waals surface area contributed by atoms with Crippen LogP contribution in [0.4, 0.5) is 0 Å². The second-order valence-electron chi connectivity index (χ2n) is 20.8. The number of benzene rings is 5. The third-order valence-corrected chi connectivity index (χ3v) is 25.2. The summed E-state index contributed by atoms with van der Waals surface area (Å²) in [5.41, 5.74) is 0.761. The molecular formula is C64H78O14SSi2. The van der Waals surface area contributed by atoms with E-state index in [-0.39, 0.29) is 108 Å². The lowest BCUT2D eigenvalue weighted by Gasteiger charge is -2.47. The highest BCUT2D eigenvalue weighted by molar-refractivity contribution is 7.99. The molecular weight excluding hydrogens is 1080 g/mol. The van der Waals surface area contributed by atoms with Crippen LogP contribution >= 0.6 is 11.8 Å². The molecule has 0 unspecified atom stereocenters. The van der Waals surface area contributed by atoms with Crippen molar-refractivity contribution in [2.24, 2.45) is 0 Å². The van der Waals surface area contributed by atoms with Crippen molar-refractivity contribution < 1.29 is 65.2 Å². The lowest BCUT2D eigenvalue weighted by Crippen LogP contribution is -2.63. The summed E-state index contributed by atoms with van der Waals surface area (Å²) in [4.78, 5) is 30.8. The molecule has 2 saturated heterocycles. The van der Waals surface area contributed by atoms with Gasteiger partial charge in [-0.2, -0.15) is 0 Å². The summed E-state index contributed by atoms with van der Waals surface area (Å²) >= 11 is 1.35. The highest BCUT2D eigenvalue weighted by Gasteiger charge is 2.65. The molecule has 2 fully saturated rings. The summed E-state index contributed by atoms with van der Waals surface area (Å²) in [6.07, 6.45) is 2.29. The maximum absolute atomic E-state index is 15.3. The first-order chi connectivity index (χ1) is 39.1. The van der Waals surface area contributed by atoms with E-state index in [2.05, 4.69) is 81.7 Å². The Labute approximate surface area is 484 Å². The van der Waals surface area contributed by atoms with Crippen LogP contribution in [0.25, 0.3) is 0 Å². The molecule has 0 bridgehead atoms. The molecule has 0 saturated carbocycles. The van der Waals surface area contributed by atoms with Crippen molar-refractivity contribution in [2.45, 2.75) is 126 Å². The first kappa shape index (κ1) is 62.0. The molecule has 0 amide bonds. The summed E-state index contributed by atoms with van der Waals surface area (Å²) in [7, 11) is -6.76. The topological polar surface area (TPSA) is 145 Å². The zero-order valence-corrected chi connectivity index (χ0v) is 50.7. The fraction of sp³-hybridized carbons (Fsp3) is 0.375. The Hall–Kier alpha value is -6.58. The number of hydrogen-bond donors (Lipinski definition) is 0. The van der Waals surface area contributed by atoms with E-state index in [1.165, 1.54) is 11.8 Å².